The minimum atomic E-state index is -0.640. The van der Waals surface area contributed by atoms with Crippen molar-refractivity contribution in [3.8, 4) is 0 Å². The summed E-state index contributed by atoms with van der Waals surface area (Å²) in [6.07, 6.45) is 5.00. The van der Waals surface area contributed by atoms with E-state index in [1.807, 2.05) is 18.2 Å². The normalized spacial score (nSPS) is 13.4. The van der Waals surface area contributed by atoms with Crippen LogP contribution in [0.1, 0.15) is 21.6 Å². The number of fused-ring (bicyclic) bond motifs is 1. The van der Waals surface area contributed by atoms with E-state index in [-0.39, 0.29) is 18.2 Å². The molecule has 0 saturated heterocycles. The molecule has 3 rings (SSSR count). The molecule has 0 saturated carbocycles. The summed E-state index contributed by atoms with van der Waals surface area (Å²) in [6, 6.07) is 8.05. The van der Waals surface area contributed by atoms with Crippen molar-refractivity contribution in [2.24, 2.45) is 0 Å². The van der Waals surface area contributed by atoms with E-state index in [4.69, 9.17) is 4.74 Å². The van der Waals surface area contributed by atoms with Crippen molar-refractivity contribution in [3.05, 3.63) is 59.7 Å². The monoisotopic (exact) mass is 297 g/mol. The lowest BCUT2D eigenvalue weighted by Gasteiger charge is -2.28. The summed E-state index contributed by atoms with van der Waals surface area (Å²) in [5, 5.41) is 0. The van der Waals surface area contributed by atoms with E-state index in [9.17, 15) is 9.59 Å². The second kappa shape index (κ2) is 6.34. The van der Waals surface area contributed by atoms with Gasteiger partial charge in [0, 0.05) is 25.5 Å². The first-order valence-electron chi connectivity index (χ1n) is 7.02. The first-order chi connectivity index (χ1) is 10.7. The van der Waals surface area contributed by atoms with Crippen LogP contribution in [-0.2, 0) is 22.5 Å². The molecule has 0 unspecified atom stereocenters. The lowest BCUT2D eigenvalue weighted by molar-refractivity contribution is -0.135. The van der Waals surface area contributed by atoms with Gasteiger partial charge in [-0.25, -0.2) is 9.78 Å². The Hall–Kier alpha value is -2.76. The number of hydrogen-bond donors (Lipinski definition) is 0. The van der Waals surface area contributed by atoms with Crippen molar-refractivity contribution in [2.75, 3.05) is 13.2 Å². The first kappa shape index (κ1) is 14.2. The molecule has 6 heteroatoms. The Kier molecular flexibility index (Phi) is 4.09. The molecule has 0 fully saturated rings. The van der Waals surface area contributed by atoms with Crippen molar-refractivity contribution < 1.29 is 14.3 Å². The number of benzene rings is 1. The average Bonchev–Trinajstić information content (AvgIpc) is 2.59. The van der Waals surface area contributed by atoms with Gasteiger partial charge in [-0.15, -0.1) is 0 Å². The Bertz CT molecular complexity index is 688. The van der Waals surface area contributed by atoms with Gasteiger partial charge in [-0.05, 0) is 17.5 Å². The van der Waals surface area contributed by atoms with Crippen LogP contribution in [0.3, 0.4) is 0 Å². The van der Waals surface area contributed by atoms with Crippen LogP contribution in [-0.4, -0.2) is 39.9 Å². The summed E-state index contributed by atoms with van der Waals surface area (Å²) in [4.78, 5) is 33.2. The number of aromatic nitrogens is 2. The zero-order valence-corrected chi connectivity index (χ0v) is 11.9. The summed E-state index contributed by atoms with van der Waals surface area (Å²) < 4.78 is 5.00. The number of hydrogen-bond acceptors (Lipinski definition) is 5. The predicted molar refractivity (Wildman–Crippen MR) is 77.9 cm³/mol. The van der Waals surface area contributed by atoms with Crippen molar-refractivity contribution in [1.29, 1.82) is 0 Å². The van der Waals surface area contributed by atoms with Crippen molar-refractivity contribution >= 4 is 11.9 Å². The first-order valence-corrected chi connectivity index (χ1v) is 7.02. The highest BCUT2D eigenvalue weighted by atomic mass is 16.5. The SMILES string of the molecule is O=C(OCC(=O)N1CCc2ccccc2C1)c1cnccn1. The number of ether oxygens (including phenoxy) is 1. The summed E-state index contributed by atoms with van der Waals surface area (Å²) in [5.74, 6) is -0.842. The van der Waals surface area contributed by atoms with E-state index >= 15 is 0 Å². The van der Waals surface area contributed by atoms with Crippen molar-refractivity contribution in [3.63, 3.8) is 0 Å². The van der Waals surface area contributed by atoms with Crippen LogP contribution in [0, 0.1) is 0 Å². The van der Waals surface area contributed by atoms with Gasteiger partial charge < -0.3 is 9.64 Å². The molecule has 1 amide bonds. The molecule has 1 aliphatic rings. The molecule has 0 spiro atoms. The van der Waals surface area contributed by atoms with E-state index in [0.717, 1.165) is 12.0 Å². The van der Waals surface area contributed by atoms with Crippen LogP contribution >= 0.6 is 0 Å². The molecule has 0 radical (unpaired) electrons. The number of amides is 1. The number of carbonyl (C=O) groups excluding carboxylic acids is 2. The van der Waals surface area contributed by atoms with Gasteiger partial charge in [0.25, 0.3) is 5.91 Å². The minimum Gasteiger partial charge on any atom is -0.451 e. The second-order valence-corrected chi connectivity index (χ2v) is 5.00. The third kappa shape index (κ3) is 3.11. The maximum Gasteiger partial charge on any atom is 0.359 e. The van der Waals surface area contributed by atoms with Gasteiger partial charge in [0.05, 0.1) is 6.20 Å². The molecular formula is C16H15N3O3. The number of esters is 1. The molecule has 6 nitrogen and oxygen atoms in total. The molecular weight excluding hydrogens is 282 g/mol. The van der Waals surface area contributed by atoms with Gasteiger partial charge in [-0.3, -0.25) is 9.78 Å². The number of carbonyl (C=O) groups is 2. The third-order valence-corrected chi connectivity index (χ3v) is 3.58. The second-order valence-electron chi connectivity index (χ2n) is 5.00. The molecule has 1 aromatic carbocycles. The number of nitrogens with zero attached hydrogens (tertiary/aromatic N) is 3. The van der Waals surface area contributed by atoms with Crippen LogP contribution < -0.4 is 0 Å². The topological polar surface area (TPSA) is 72.4 Å². The fourth-order valence-corrected chi connectivity index (χ4v) is 2.41. The van der Waals surface area contributed by atoms with E-state index in [1.54, 1.807) is 4.90 Å². The van der Waals surface area contributed by atoms with Gasteiger partial charge in [0.1, 0.15) is 0 Å². The average molecular weight is 297 g/mol. The third-order valence-electron chi connectivity index (χ3n) is 3.58. The lowest BCUT2D eigenvalue weighted by Crippen LogP contribution is -2.38. The predicted octanol–water partition coefficient (Wildman–Crippen LogP) is 1.22. The molecule has 1 aromatic heterocycles. The van der Waals surface area contributed by atoms with Crippen LogP contribution in [0.2, 0.25) is 0 Å². The maximum absolute atomic E-state index is 12.2. The van der Waals surface area contributed by atoms with Gasteiger partial charge in [-0.1, -0.05) is 24.3 Å². The van der Waals surface area contributed by atoms with Crippen LogP contribution in [0.5, 0.6) is 0 Å². The minimum absolute atomic E-state index is 0.0966. The van der Waals surface area contributed by atoms with Gasteiger partial charge >= 0.3 is 5.97 Å². The smallest absolute Gasteiger partial charge is 0.359 e. The molecule has 112 valence electrons. The molecule has 2 aromatic rings. The van der Waals surface area contributed by atoms with Gasteiger partial charge in [0.15, 0.2) is 12.3 Å². The zero-order chi connectivity index (χ0) is 15.4. The van der Waals surface area contributed by atoms with Crippen molar-refractivity contribution in [1.82, 2.24) is 14.9 Å². The van der Waals surface area contributed by atoms with Gasteiger partial charge in [0.2, 0.25) is 0 Å². The molecule has 0 atom stereocenters. The highest BCUT2D eigenvalue weighted by molar-refractivity contribution is 5.89. The van der Waals surface area contributed by atoms with E-state index < -0.39 is 5.97 Å². The standard InChI is InChI=1S/C16H15N3O3/c20-15(11-22-16(21)14-9-17-6-7-18-14)19-8-5-12-3-1-2-4-13(12)10-19/h1-4,6-7,9H,5,8,10-11H2. The van der Waals surface area contributed by atoms with Crippen molar-refractivity contribution in [2.45, 2.75) is 13.0 Å². The molecule has 1 aliphatic heterocycles. The van der Waals surface area contributed by atoms with Gasteiger partial charge in [-0.2, -0.15) is 0 Å². The van der Waals surface area contributed by atoms with E-state index in [0.29, 0.717) is 13.1 Å². The Morgan fingerprint density at radius 2 is 2.00 bits per heavy atom. The highest BCUT2D eigenvalue weighted by Crippen LogP contribution is 2.18. The van der Waals surface area contributed by atoms with E-state index in [2.05, 4.69) is 16.0 Å². The molecule has 0 N–H and O–H groups in total. The lowest BCUT2D eigenvalue weighted by atomic mass is 10.00. The van der Waals surface area contributed by atoms with Crippen LogP contribution in [0.25, 0.3) is 0 Å². The Morgan fingerprint density at radius 1 is 1.18 bits per heavy atom. The Balaban J connectivity index is 1.56. The zero-order valence-electron chi connectivity index (χ0n) is 11.9. The molecule has 0 bridgehead atoms. The highest BCUT2D eigenvalue weighted by Gasteiger charge is 2.21. The van der Waals surface area contributed by atoms with Crippen LogP contribution in [0.4, 0.5) is 0 Å². The fraction of sp³-hybridized carbons (Fsp3) is 0.250. The number of rotatable bonds is 3. The summed E-state index contributed by atoms with van der Waals surface area (Å²) >= 11 is 0. The maximum atomic E-state index is 12.2. The Morgan fingerprint density at radius 3 is 2.77 bits per heavy atom. The summed E-state index contributed by atoms with van der Waals surface area (Å²) in [7, 11) is 0. The quantitative estimate of drug-likeness (QED) is 0.796. The van der Waals surface area contributed by atoms with E-state index in [1.165, 1.54) is 24.2 Å². The summed E-state index contributed by atoms with van der Waals surface area (Å²) in [5.41, 5.74) is 2.50. The largest absolute Gasteiger partial charge is 0.451 e. The summed E-state index contributed by atoms with van der Waals surface area (Å²) in [6.45, 7) is 0.911. The molecule has 2 heterocycles. The molecule has 0 aliphatic carbocycles. The molecule has 22 heavy (non-hydrogen) atoms. The fourth-order valence-electron chi connectivity index (χ4n) is 2.41. The Labute approximate surface area is 127 Å². The van der Waals surface area contributed by atoms with Crippen LogP contribution in [0.15, 0.2) is 42.9 Å².